The van der Waals surface area contributed by atoms with Gasteiger partial charge < -0.3 is 4.98 Å². The molecule has 2 N–H and O–H groups in total. The van der Waals surface area contributed by atoms with Crippen LogP contribution < -0.4 is 5.56 Å². The molecule has 6 nitrogen and oxygen atoms in total. The molecule has 0 atom stereocenters. The minimum Gasteiger partial charge on any atom is -0.305 e. The Morgan fingerprint density at radius 1 is 1.19 bits per heavy atom. The van der Waals surface area contributed by atoms with Gasteiger partial charge in [0.25, 0.3) is 5.56 Å². The van der Waals surface area contributed by atoms with Gasteiger partial charge in [-0.05, 0) is 24.3 Å². The summed E-state index contributed by atoms with van der Waals surface area (Å²) in [4.78, 5) is 19.5. The van der Waals surface area contributed by atoms with E-state index in [0.29, 0.717) is 10.9 Å². The third kappa shape index (κ3) is 3.30. The lowest BCUT2D eigenvalue weighted by atomic mass is 10.1. The van der Waals surface area contributed by atoms with E-state index in [4.69, 9.17) is 0 Å². The van der Waals surface area contributed by atoms with Crippen molar-refractivity contribution in [1.29, 1.82) is 5.26 Å². The van der Waals surface area contributed by atoms with Crippen LogP contribution in [0.15, 0.2) is 64.0 Å². The van der Waals surface area contributed by atoms with Gasteiger partial charge in [-0.3, -0.25) is 9.89 Å². The Kier molecular flexibility index (Phi) is 4.40. The quantitative estimate of drug-likeness (QED) is 0.489. The van der Waals surface area contributed by atoms with Crippen LogP contribution in [0.3, 0.4) is 0 Å². The predicted octanol–water partition coefficient (Wildman–Crippen LogP) is 4.14. The number of allylic oxidation sites excluding steroid dienone is 1. The summed E-state index contributed by atoms with van der Waals surface area (Å²) < 4.78 is 0.789. The normalized spacial score (nSPS) is 11.5. The number of aromatic nitrogens is 4. The van der Waals surface area contributed by atoms with Crippen molar-refractivity contribution < 1.29 is 0 Å². The number of H-pyrrole nitrogens is 2. The van der Waals surface area contributed by atoms with E-state index in [2.05, 4.69) is 42.2 Å². The Balaban J connectivity index is 1.84. The molecule has 0 aliphatic rings. The molecule has 0 unspecified atom stereocenters. The maximum Gasteiger partial charge on any atom is 0.259 e. The van der Waals surface area contributed by atoms with Crippen LogP contribution in [0.25, 0.3) is 33.8 Å². The fourth-order valence-electron chi connectivity index (χ4n) is 2.79. The third-order valence-electron chi connectivity index (χ3n) is 4.07. The van der Waals surface area contributed by atoms with Crippen molar-refractivity contribution in [3.8, 4) is 17.3 Å². The number of hydrogen-bond donors (Lipinski definition) is 2. The fraction of sp³-hybridized carbons (Fsp3) is 0. The van der Waals surface area contributed by atoms with E-state index >= 15 is 0 Å². The predicted molar refractivity (Wildman–Crippen MR) is 108 cm³/mol. The first-order valence-electron chi connectivity index (χ1n) is 8.06. The lowest BCUT2D eigenvalue weighted by Gasteiger charge is -2.03. The van der Waals surface area contributed by atoms with Gasteiger partial charge >= 0.3 is 0 Å². The van der Waals surface area contributed by atoms with Gasteiger partial charge in [0.05, 0.1) is 28.4 Å². The summed E-state index contributed by atoms with van der Waals surface area (Å²) >= 11 is 3.34. The van der Waals surface area contributed by atoms with Gasteiger partial charge in [-0.2, -0.15) is 10.4 Å². The van der Waals surface area contributed by atoms with Crippen molar-refractivity contribution in [1.82, 2.24) is 20.2 Å². The second kappa shape index (κ2) is 7.02. The van der Waals surface area contributed by atoms with E-state index in [9.17, 15) is 10.1 Å². The van der Waals surface area contributed by atoms with Crippen molar-refractivity contribution in [3.63, 3.8) is 0 Å². The monoisotopic (exact) mass is 417 g/mol. The molecule has 27 heavy (non-hydrogen) atoms. The maximum atomic E-state index is 12.4. The smallest absolute Gasteiger partial charge is 0.259 e. The maximum absolute atomic E-state index is 12.4. The van der Waals surface area contributed by atoms with Gasteiger partial charge in [0, 0.05) is 15.6 Å². The van der Waals surface area contributed by atoms with Crippen LogP contribution in [0.1, 0.15) is 11.4 Å². The molecule has 4 aromatic rings. The fourth-order valence-corrected chi connectivity index (χ4v) is 3.15. The summed E-state index contributed by atoms with van der Waals surface area (Å²) in [6.45, 7) is 0. The number of nitrogens with one attached hydrogen (secondary N) is 2. The van der Waals surface area contributed by atoms with Gasteiger partial charge in [0.1, 0.15) is 6.07 Å². The Bertz CT molecular complexity index is 1270. The Hall–Kier alpha value is -3.50. The van der Waals surface area contributed by atoms with Crippen LogP contribution in [-0.2, 0) is 0 Å². The highest BCUT2D eigenvalue weighted by Crippen LogP contribution is 2.25. The van der Waals surface area contributed by atoms with Crippen LogP contribution in [-0.4, -0.2) is 20.2 Å². The van der Waals surface area contributed by atoms with E-state index in [-0.39, 0.29) is 17.0 Å². The van der Waals surface area contributed by atoms with Crippen LogP contribution in [0.5, 0.6) is 0 Å². The van der Waals surface area contributed by atoms with Gasteiger partial charge in [-0.1, -0.05) is 46.3 Å². The van der Waals surface area contributed by atoms with E-state index in [1.54, 1.807) is 30.5 Å². The van der Waals surface area contributed by atoms with Crippen molar-refractivity contribution in [2.24, 2.45) is 0 Å². The lowest BCUT2D eigenvalue weighted by Crippen LogP contribution is -2.11. The van der Waals surface area contributed by atoms with E-state index in [1.807, 2.05) is 30.3 Å². The highest BCUT2D eigenvalue weighted by atomic mass is 79.9. The Labute approximate surface area is 162 Å². The second-order valence-corrected chi connectivity index (χ2v) is 6.73. The van der Waals surface area contributed by atoms with Crippen LogP contribution in [0.2, 0.25) is 0 Å². The molecular formula is C20H12BrN5O. The molecule has 2 aromatic heterocycles. The zero-order valence-corrected chi connectivity index (χ0v) is 15.5. The van der Waals surface area contributed by atoms with Gasteiger partial charge in [-0.15, -0.1) is 0 Å². The molecule has 0 bridgehead atoms. The highest BCUT2D eigenvalue weighted by molar-refractivity contribution is 9.10. The molecule has 0 saturated heterocycles. The molecule has 7 heteroatoms. The van der Waals surface area contributed by atoms with Gasteiger partial charge in [0.2, 0.25) is 0 Å². The summed E-state index contributed by atoms with van der Waals surface area (Å²) in [6.07, 6.45) is 3.30. The average Bonchev–Trinajstić information content (AvgIpc) is 3.15. The van der Waals surface area contributed by atoms with Gasteiger partial charge in [-0.25, -0.2) is 4.98 Å². The minimum absolute atomic E-state index is 0.220. The van der Waals surface area contributed by atoms with E-state index in [1.165, 1.54) is 0 Å². The molecule has 4 rings (SSSR count). The molecule has 0 aliphatic carbocycles. The third-order valence-corrected chi connectivity index (χ3v) is 4.57. The summed E-state index contributed by atoms with van der Waals surface area (Å²) in [6, 6.07) is 17.0. The number of halogens is 1. The lowest BCUT2D eigenvalue weighted by molar-refractivity contribution is 1.10. The van der Waals surface area contributed by atoms with Crippen LogP contribution in [0.4, 0.5) is 0 Å². The topological polar surface area (TPSA) is 98.2 Å². The number of aromatic amines is 2. The molecule has 0 aliphatic heterocycles. The zero-order chi connectivity index (χ0) is 18.8. The standard InChI is InChI=1S/C20H12BrN5O/c21-15-6-7-17-16(9-15)20(27)25-19(24-17)13(10-22)8-14-11-23-26-18(14)12-4-2-1-3-5-12/h1-9,11H,(H,23,26)(H,24,25,27). The van der Waals surface area contributed by atoms with E-state index in [0.717, 1.165) is 21.3 Å². The van der Waals surface area contributed by atoms with E-state index < -0.39 is 0 Å². The summed E-state index contributed by atoms with van der Waals surface area (Å²) in [7, 11) is 0. The molecule has 130 valence electrons. The molecule has 2 heterocycles. The first-order chi connectivity index (χ1) is 13.2. The molecule has 2 aromatic carbocycles. The zero-order valence-electron chi connectivity index (χ0n) is 13.9. The molecule has 0 radical (unpaired) electrons. The number of nitriles is 1. The molecule has 0 fully saturated rings. The second-order valence-electron chi connectivity index (χ2n) is 5.81. The van der Waals surface area contributed by atoms with Crippen molar-refractivity contribution in [3.05, 3.63) is 80.9 Å². The first kappa shape index (κ1) is 16.9. The number of rotatable bonds is 3. The molecule has 0 spiro atoms. The summed E-state index contributed by atoms with van der Waals surface area (Å²) in [5, 5.41) is 17.1. The number of benzene rings is 2. The largest absolute Gasteiger partial charge is 0.305 e. The summed E-state index contributed by atoms with van der Waals surface area (Å²) in [5.74, 6) is 0.220. The minimum atomic E-state index is -0.298. The molecular weight excluding hydrogens is 406 g/mol. The van der Waals surface area contributed by atoms with Gasteiger partial charge in [0.15, 0.2) is 5.82 Å². The summed E-state index contributed by atoms with van der Waals surface area (Å²) in [5.41, 5.74) is 2.94. The van der Waals surface area contributed by atoms with Crippen molar-refractivity contribution >= 4 is 38.5 Å². The molecule has 0 saturated carbocycles. The number of fused-ring (bicyclic) bond motifs is 1. The van der Waals surface area contributed by atoms with Crippen molar-refractivity contribution in [2.75, 3.05) is 0 Å². The highest BCUT2D eigenvalue weighted by Gasteiger charge is 2.11. The molecule has 0 amide bonds. The Morgan fingerprint density at radius 2 is 2.00 bits per heavy atom. The first-order valence-corrected chi connectivity index (χ1v) is 8.85. The van der Waals surface area contributed by atoms with Crippen molar-refractivity contribution in [2.45, 2.75) is 0 Å². The van der Waals surface area contributed by atoms with Crippen LogP contribution in [0, 0.1) is 11.3 Å². The number of nitrogens with zero attached hydrogens (tertiary/aromatic N) is 3. The average molecular weight is 418 g/mol. The number of hydrogen-bond acceptors (Lipinski definition) is 4. The SMILES string of the molecule is N#CC(=Cc1cn[nH]c1-c1ccccc1)c1nc2ccc(Br)cc2c(=O)[nH]1. The Morgan fingerprint density at radius 3 is 2.78 bits per heavy atom. The van der Waals surface area contributed by atoms with Crippen LogP contribution >= 0.6 is 15.9 Å².